The van der Waals surface area contributed by atoms with E-state index in [1.807, 2.05) is 0 Å². The van der Waals surface area contributed by atoms with Gasteiger partial charge in [-0.3, -0.25) is 9.69 Å². The van der Waals surface area contributed by atoms with Crippen LogP contribution in [0.25, 0.3) is 11.0 Å². The number of fused-ring (bicyclic) bond motifs is 1. The van der Waals surface area contributed by atoms with Gasteiger partial charge in [0.05, 0.1) is 5.69 Å². The van der Waals surface area contributed by atoms with Crippen LogP contribution in [-0.4, -0.2) is 23.0 Å². The van der Waals surface area contributed by atoms with E-state index in [0.29, 0.717) is 22.9 Å². The number of anilines is 1. The lowest BCUT2D eigenvalue weighted by molar-refractivity contribution is 0.110. The van der Waals surface area contributed by atoms with Gasteiger partial charge in [-0.15, -0.1) is 0 Å². The van der Waals surface area contributed by atoms with E-state index in [2.05, 4.69) is 0 Å². The maximum atomic E-state index is 11.5. The summed E-state index contributed by atoms with van der Waals surface area (Å²) in [4.78, 5) is 23.5. The van der Waals surface area contributed by atoms with Gasteiger partial charge in [0.1, 0.15) is 5.58 Å². The summed E-state index contributed by atoms with van der Waals surface area (Å²) in [5.74, 6) is 0.182. The molecule has 5 nitrogen and oxygen atoms in total. The first-order valence-electron chi connectivity index (χ1n) is 5.85. The number of carbonyl (C=O) groups is 2. The fraction of sp³-hybridized carbons (Fsp3) is 0.286. The highest BCUT2D eigenvalue weighted by Crippen LogP contribution is 2.33. The lowest BCUT2D eigenvalue weighted by Crippen LogP contribution is -2.45. The van der Waals surface area contributed by atoms with Crippen molar-refractivity contribution < 1.29 is 19.1 Å². The molecular formula is C14H15NO4. The monoisotopic (exact) mass is 261 g/mol. The third kappa shape index (κ3) is 2.31. The molecule has 0 aliphatic heterocycles. The lowest BCUT2D eigenvalue weighted by atomic mass is 10.0. The number of aldehydes is 1. The number of amides is 1. The Bertz CT molecular complexity index is 636. The SMILES string of the molecule is CC(C)(C)N(C(=O)O)c1cccc2oc(C=O)cc12. The summed E-state index contributed by atoms with van der Waals surface area (Å²) in [6.07, 6.45) is -0.444. The number of carboxylic acid groups (broad SMARTS) is 1. The maximum Gasteiger partial charge on any atom is 0.412 e. The van der Waals surface area contributed by atoms with Gasteiger partial charge in [0, 0.05) is 10.9 Å². The van der Waals surface area contributed by atoms with Crippen LogP contribution in [0.15, 0.2) is 28.7 Å². The van der Waals surface area contributed by atoms with Crippen molar-refractivity contribution in [1.82, 2.24) is 0 Å². The highest BCUT2D eigenvalue weighted by molar-refractivity contribution is 6.01. The normalized spacial score (nSPS) is 11.5. The number of hydrogen-bond acceptors (Lipinski definition) is 3. The van der Waals surface area contributed by atoms with Gasteiger partial charge in [-0.2, -0.15) is 0 Å². The van der Waals surface area contributed by atoms with Gasteiger partial charge in [0.2, 0.25) is 0 Å². The topological polar surface area (TPSA) is 70.8 Å². The van der Waals surface area contributed by atoms with Gasteiger partial charge in [-0.05, 0) is 39.0 Å². The molecule has 1 amide bonds. The van der Waals surface area contributed by atoms with Crippen molar-refractivity contribution in [3.05, 3.63) is 30.0 Å². The van der Waals surface area contributed by atoms with E-state index in [1.165, 1.54) is 4.90 Å². The Kier molecular flexibility index (Phi) is 3.06. The van der Waals surface area contributed by atoms with E-state index in [1.54, 1.807) is 45.0 Å². The predicted molar refractivity (Wildman–Crippen MR) is 71.9 cm³/mol. The molecule has 0 bridgehead atoms. The van der Waals surface area contributed by atoms with Gasteiger partial charge in [-0.25, -0.2) is 4.79 Å². The summed E-state index contributed by atoms with van der Waals surface area (Å²) in [7, 11) is 0. The van der Waals surface area contributed by atoms with E-state index in [-0.39, 0.29) is 5.76 Å². The van der Waals surface area contributed by atoms with Crippen molar-refractivity contribution in [2.75, 3.05) is 4.90 Å². The minimum Gasteiger partial charge on any atom is -0.465 e. The number of hydrogen-bond donors (Lipinski definition) is 1. The number of carbonyl (C=O) groups excluding carboxylic acids is 1. The fourth-order valence-corrected chi connectivity index (χ4v) is 2.07. The second kappa shape index (κ2) is 4.42. The highest BCUT2D eigenvalue weighted by atomic mass is 16.4. The Balaban J connectivity index is 2.69. The molecular weight excluding hydrogens is 246 g/mol. The molecule has 0 unspecified atom stereocenters. The zero-order valence-corrected chi connectivity index (χ0v) is 11.0. The summed E-state index contributed by atoms with van der Waals surface area (Å²) < 4.78 is 5.31. The summed E-state index contributed by atoms with van der Waals surface area (Å²) >= 11 is 0. The molecule has 2 rings (SSSR count). The summed E-state index contributed by atoms with van der Waals surface area (Å²) in [6, 6.07) is 6.66. The Morgan fingerprint density at radius 2 is 2.05 bits per heavy atom. The van der Waals surface area contributed by atoms with Crippen molar-refractivity contribution in [1.29, 1.82) is 0 Å². The number of nitrogens with zero attached hydrogens (tertiary/aromatic N) is 1. The first-order valence-corrected chi connectivity index (χ1v) is 5.85. The van der Waals surface area contributed by atoms with E-state index in [0.717, 1.165) is 0 Å². The number of benzene rings is 1. The highest BCUT2D eigenvalue weighted by Gasteiger charge is 2.29. The predicted octanol–water partition coefficient (Wildman–Crippen LogP) is 3.53. The Morgan fingerprint density at radius 1 is 1.37 bits per heavy atom. The lowest BCUT2D eigenvalue weighted by Gasteiger charge is -2.33. The summed E-state index contributed by atoms with van der Waals surface area (Å²) in [5, 5.41) is 10.0. The molecule has 19 heavy (non-hydrogen) atoms. The molecule has 5 heteroatoms. The van der Waals surface area contributed by atoms with Crippen LogP contribution >= 0.6 is 0 Å². The summed E-state index contributed by atoms with van der Waals surface area (Å²) in [6.45, 7) is 5.42. The van der Waals surface area contributed by atoms with Crippen LogP contribution in [-0.2, 0) is 0 Å². The number of rotatable bonds is 2. The first-order chi connectivity index (χ1) is 8.84. The van der Waals surface area contributed by atoms with Gasteiger partial charge in [0.15, 0.2) is 12.0 Å². The molecule has 0 fully saturated rings. The molecule has 100 valence electrons. The molecule has 1 N–H and O–H groups in total. The van der Waals surface area contributed by atoms with Crippen LogP contribution < -0.4 is 4.90 Å². The van der Waals surface area contributed by atoms with Crippen molar-refractivity contribution in [3.63, 3.8) is 0 Å². The van der Waals surface area contributed by atoms with Crippen LogP contribution in [0.2, 0.25) is 0 Å². The van der Waals surface area contributed by atoms with Gasteiger partial charge in [-0.1, -0.05) is 6.07 Å². The third-order valence-electron chi connectivity index (χ3n) is 2.78. The Morgan fingerprint density at radius 3 is 2.58 bits per heavy atom. The van der Waals surface area contributed by atoms with Crippen LogP contribution in [0.4, 0.5) is 10.5 Å². The van der Waals surface area contributed by atoms with Crippen molar-refractivity contribution in [3.8, 4) is 0 Å². The molecule has 1 aromatic heterocycles. The molecule has 0 radical (unpaired) electrons. The molecule has 0 aliphatic rings. The van der Waals surface area contributed by atoms with Crippen LogP contribution in [0.5, 0.6) is 0 Å². The van der Waals surface area contributed by atoms with Crippen molar-refractivity contribution in [2.24, 2.45) is 0 Å². The fourth-order valence-electron chi connectivity index (χ4n) is 2.07. The second-order valence-corrected chi connectivity index (χ2v) is 5.24. The average Bonchev–Trinajstić information content (AvgIpc) is 2.70. The summed E-state index contributed by atoms with van der Waals surface area (Å²) in [5.41, 5.74) is 0.406. The van der Waals surface area contributed by atoms with Gasteiger partial charge >= 0.3 is 6.09 Å². The molecule has 1 heterocycles. The molecule has 0 saturated carbocycles. The van der Waals surface area contributed by atoms with E-state index >= 15 is 0 Å². The number of furan rings is 1. The van der Waals surface area contributed by atoms with E-state index in [4.69, 9.17) is 4.42 Å². The Hall–Kier alpha value is -2.30. The zero-order chi connectivity index (χ0) is 14.2. The van der Waals surface area contributed by atoms with Crippen molar-refractivity contribution in [2.45, 2.75) is 26.3 Å². The smallest absolute Gasteiger partial charge is 0.412 e. The molecule has 0 aliphatic carbocycles. The minimum absolute atomic E-state index is 0.182. The maximum absolute atomic E-state index is 11.5. The quantitative estimate of drug-likeness (QED) is 0.839. The third-order valence-corrected chi connectivity index (χ3v) is 2.78. The molecule has 0 spiro atoms. The zero-order valence-electron chi connectivity index (χ0n) is 11.0. The second-order valence-electron chi connectivity index (χ2n) is 5.24. The van der Waals surface area contributed by atoms with E-state index < -0.39 is 11.6 Å². The standard InChI is InChI=1S/C14H15NO4/c1-14(2,3)15(13(17)18)11-5-4-6-12-10(11)7-9(8-16)19-12/h4-8H,1-3H3,(H,17,18). The minimum atomic E-state index is -1.05. The molecule has 2 aromatic rings. The first kappa shape index (κ1) is 13.1. The van der Waals surface area contributed by atoms with Gasteiger partial charge in [0.25, 0.3) is 0 Å². The van der Waals surface area contributed by atoms with E-state index in [9.17, 15) is 14.7 Å². The molecule has 1 aromatic carbocycles. The van der Waals surface area contributed by atoms with Gasteiger partial charge < -0.3 is 9.52 Å². The van der Waals surface area contributed by atoms with Crippen molar-refractivity contribution >= 4 is 29.0 Å². The van der Waals surface area contributed by atoms with Crippen LogP contribution in [0, 0.1) is 0 Å². The van der Waals surface area contributed by atoms with Crippen LogP contribution in [0.3, 0.4) is 0 Å². The van der Waals surface area contributed by atoms with Crippen LogP contribution in [0.1, 0.15) is 31.3 Å². The Labute approximate surface area is 110 Å². The molecule has 0 saturated heterocycles. The largest absolute Gasteiger partial charge is 0.465 e. The molecule has 0 atom stereocenters. The average molecular weight is 261 g/mol.